The Balaban J connectivity index is 2.03. The standard InChI is InChI=1S/C22H32O5/c1-13(2)7-6-10-21(4)16-9-8-15-12-26-20(25)19(15)22(16,5)17(24)11-18(21)27-14(3)23/h7,16-18,24H,6,8-12H2,1-5H3. The molecule has 2 aliphatic carbocycles. The van der Waals surface area contributed by atoms with Crippen LogP contribution in [0.3, 0.4) is 0 Å². The zero-order chi connectivity index (χ0) is 20.0. The number of aliphatic hydroxyl groups is 1. The fourth-order valence-electron chi connectivity index (χ4n) is 5.78. The molecular weight excluding hydrogens is 344 g/mol. The van der Waals surface area contributed by atoms with Crippen LogP contribution in [0.5, 0.6) is 0 Å². The third-order valence-electron chi connectivity index (χ3n) is 7.14. The molecule has 5 atom stereocenters. The Morgan fingerprint density at radius 3 is 2.67 bits per heavy atom. The highest BCUT2D eigenvalue weighted by Crippen LogP contribution is 2.62. The number of aliphatic hydroxyl groups excluding tert-OH is 1. The molecule has 5 unspecified atom stereocenters. The molecule has 5 nitrogen and oxygen atoms in total. The van der Waals surface area contributed by atoms with Crippen molar-refractivity contribution in [2.75, 3.05) is 6.61 Å². The highest BCUT2D eigenvalue weighted by atomic mass is 16.5. The van der Waals surface area contributed by atoms with Gasteiger partial charge in [0, 0.05) is 29.7 Å². The lowest BCUT2D eigenvalue weighted by Gasteiger charge is -2.59. The van der Waals surface area contributed by atoms with E-state index >= 15 is 0 Å². The van der Waals surface area contributed by atoms with Crippen LogP contribution in [0.15, 0.2) is 22.8 Å². The Labute approximate surface area is 161 Å². The quantitative estimate of drug-likeness (QED) is 0.598. The monoisotopic (exact) mass is 376 g/mol. The van der Waals surface area contributed by atoms with E-state index in [1.165, 1.54) is 12.5 Å². The Bertz CT molecular complexity index is 701. The maximum absolute atomic E-state index is 12.5. The van der Waals surface area contributed by atoms with Gasteiger partial charge in [0.15, 0.2) is 0 Å². The Morgan fingerprint density at radius 1 is 1.33 bits per heavy atom. The second-order valence-corrected chi connectivity index (χ2v) is 9.10. The van der Waals surface area contributed by atoms with Crippen LogP contribution in [0, 0.1) is 16.7 Å². The van der Waals surface area contributed by atoms with Gasteiger partial charge < -0.3 is 14.6 Å². The highest BCUT2D eigenvalue weighted by Gasteiger charge is 2.63. The lowest BCUT2D eigenvalue weighted by atomic mass is 9.47. The van der Waals surface area contributed by atoms with Gasteiger partial charge >= 0.3 is 11.9 Å². The molecule has 3 rings (SSSR count). The molecule has 0 aromatic heterocycles. The number of hydrogen-bond donors (Lipinski definition) is 1. The summed E-state index contributed by atoms with van der Waals surface area (Å²) in [6, 6.07) is 0. The third-order valence-corrected chi connectivity index (χ3v) is 7.14. The summed E-state index contributed by atoms with van der Waals surface area (Å²) in [5.74, 6) is -0.554. The van der Waals surface area contributed by atoms with Crippen molar-refractivity contribution in [1.82, 2.24) is 0 Å². The molecule has 1 fully saturated rings. The number of cyclic esters (lactones) is 1. The van der Waals surface area contributed by atoms with Gasteiger partial charge in [-0.3, -0.25) is 4.79 Å². The molecule has 1 saturated carbocycles. The van der Waals surface area contributed by atoms with Crippen LogP contribution < -0.4 is 0 Å². The van der Waals surface area contributed by atoms with Crippen molar-refractivity contribution in [2.24, 2.45) is 16.7 Å². The van der Waals surface area contributed by atoms with Crippen molar-refractivity contribution < 1.29 is 24.2 Å². The summed E-state index contributed by atoms with van der Waals surface area (Å²) in [4.78, 5) is 24.3. The summed E-state index contributed by atoms with van der Waals surface area (Å²) in [6.45, 7) is 10.1. The third kappa shape index (κ3) is 3.24. The second kappa shape index (κ2) is 7.08. The molecule has 0 spiro atoms. The molecule has 0 radical (unpaired) electrons. The number of ether oxygens (including phenoxy) is 2. The van der Waals surface area contributed by atoms with Crippen LogP contribution in [0.25, 0.3) is 0 Å². The number of carbonyl (C=O) groups is 2. The number of fused-ring (bicyclic) bond motifs is 2. The van der Waals surface area contributed by atoms with Gasteiger partial charge in [0.25, 0.3) is 0 Å². The molecule has 27 heavy (non-hydrogen) atoms. The minimum atomic E-state index is -0.737. The number of esters is 2. The SMILES string of the molecule is CC(=O)OC1CC(O)C2(C)C3=C(CCC2C1(C)CCC=C(C)C)COC3=O. The molecule has 0 amide bonds. The first-order valence-corrected chi connectivity index (χ1v) is 9.99. The van der Waals surface area contributed by atoms with Gasteiger partial charge in [-0.2, -0.15) is 0 Å². The Kier molecular flexibility index (Phi) is 5.28. The zero-order valence-corrected chi connectivity index (χ0v) is 17.1. The minimum absolute atomic E-state index is 0.0491. The van der Waals surface area contributed by atoms with E-state index in [9.17, 15) is 14.7 Å². The number of rotatable bonds is 4. The average Bonchev–Trinajstić information content (AvgIpc) is 2.94. The summed E-state index contributed by atoms with van der Waals surface area (Å²) >= 11 is 0. The topological polar surface area (TPSA) is 72.8 Å². The first-order valence-electron chi connectivity index (χ1n) is 9.99. The zero-order valence-electron chi connectivity index (χ0n) is 17.1. The van der Waals surface area contributed by atoms with E-state index in [2.05, 4.69) is 26.8 Å². The molecule has 1 heterocycles. The van der Waals surface area contributed by atoms with Gasteiger partial charge in [-0.1, -0.05) is 25.5 Å². The van der Waals surface area contributed by atoms with Gasteiger partial charge in [0.1, 0.15) is 12.7 Å². The second-order valence-electron chi connectivity index (χ2n) is 9.10. The average molecular weight is 376 g/mol. The predicted octanol–water partition coefficient (Wildman–Crippen LogP) is 3.71. The smallest absolute Gasteiger partial charge is 0.335 e. The fourth-order valence-corrected chi connectivity index (χ4v) is 5.78. The van der Waals surface area contributed by atoms with Crippen LogP contribution in [-0.4, -0.2) is 35.9 Å². The van der Waals surface area contributed by atoms with Crippen LogP contribution in [0.1, 0.15) is 66.7 Å². The van der Waals surface area contributed by atoms with E-state index in [4.69, 9.17) is 9.47 Å². The normalized spacial score (nSPS) is 38.0. The summed E-state index contributed by atoms with van der Waals surface area (Å²) in [5, 5.41) is 11.1. The number of carbonyl (C=O) groups excluding carboxylic acids is 2. The van der Waals surface area contributed by atoms with Crippen LogP contribution in [0.4, 0.5) is 0 Å². The van der Waals surface area contributed by atoms with Crippen molar-refractivity contribution in [3.63, 3.8) is 0 Å². The number of hydrogen-bond acceptors (Lipinski definition) is 5. The van der Waals surface area contributed by atoms with E-state index < -0.39 is 11.5 Å². The van der Waals surface area contributed by atoms with Gasteiger partial charge in [-0.15, -0.1) is 0 Å². The van der Waals surface area contributed by atoms with Gasteiger partial charge in [0.2, 0.25) is 0 Å². The van der Waals surface area contributed by atoms with Crippen LogP contribution in [-0.2, 0) is 19.1 Å². The molecule has 1 N–H and O–H groups in total. The van der Waals surface area contributed by atoms with Gasteiger partial charge in [-0.05, 0) is 51.0 Å². The first kappa shape index (κ1) is 20.1. The van der Waals surface area contributed by atoms with E-state index in [0.717, 1.165) is 31.3 Å². The van der Waals surface area contributed by atoms with Crippen LogP contribution in [0.2, 0.25) is 0 Å². The Morgan fingerprint density at radius 2 is 2.04 bits per heavy atom. The highest BCUT2D eigenvalue weighted by molar-refractivity contribution is 5.93. The number of allylic oxidation sites excluding steroid dienone is 2. The summed E-state index contributed by atoms with van der Waals surface area (Å²) in [7, 11) is 0. The van der Waals surface area contributed by atoms with Crippen molar-refractivity contribution in [3.05, 3.63) is 22.8 Å². The lowest BCUT2D eigenvalue weighted by Crippen LogP contribution is -2.61. The predicted molar refractivity (Wildman–Crippen MR) is 102 cm³/mol. The van der Waals surface area contributed by atoms with Gasteiger partial charge in [0.05, 0.1) is 6.10 Å². The van der Waals surface area contributed by atoms with Crippen LogP contribution >= 0.6 is 0 Å². The van der Waals surface area contributed by atoms with Crippen molar-refractivity contribution in [3.8, 4) is 0 Å². The lowest BCUT2D eigenvalue weighted by molar-refractivity contribution is -0.190. The summed E-state index contributed by atoms with van der Waals surface area (Å²) in [5.41, 5.74) is 2.01. The molecule has 0 aromatic rings. The fraction of sp³-hybridized carbons (Fsp3) is 0.727. The first-order chi connectivity index (χ1) is 12.6. The maximum atomic E-state index is 12.5. The molecule has 0 bridgehead atoms. The molecule has 1 aliphatic heterocycles. The van der Waals surface area contributed by atoms with Crippen molar-refractivity contribution >= 4 is 11.9 Å². The van der Waals surface area contributed by atoms with E-state index in [0.29, 0.717) is 18.6 Å². The molecule has 150 valence electrons. The summed E-state index contributed by atoms with van der Waals surface area (Å²) < 4.78 is 11.0. The van der Waals surface area contributed by atoms with E-state index in [1.54, 1.807) is 0 Å². The van der Waals surface area contributed by atoms with Crippen molar-refractivity contribution in [1.29, 1.82) is 0 Å². The van der Waals surface area contributed by atoms with E-state index in [1.807, 2.05) is 6.92 Å². The van der Waals surface area contributed by atoms with Crippen molar-refractivity contribution in [2.45, 2.75) is 78.9 Å². The molecule has 3 aliphatic rings. The molecule has 0 saturated heterocycles. The molecule has 0 aromatic carbocycles. The van der Waals surface area contributed by atoms with E-state index in [-0.39, 0.29) is 29.4 Å². The van der Waals surface area contributed by atoms with Gasteiger partial charge in [-0.25, -0.2) is 4.79 Å². The maximum Gasteiger partial charge on any atom is 0.335 e. The minimum Gasteiger partial charge on any atom is -0.462 e. The Hall–Kier alpha value is -1.62. The molecule has 5 heteroatoms. The summed E-state index contributed by atoms with van der Waals surface area (Å²) in [6.07, 6.45) is 4.87. The largest absolute Gasteiger partial charge is 0.462 e. The molecular formula is C22H32O5.